The average molecular weight is 336 g/mol. The Kier molecular flexibility index (Phi) is 6.58. The van der Waals surface area contributed by atoms with E-state index in [0.29, 0.717) is 44.8 Å². The Balaban J connectivity index is 1.93. The van der Waals surface area contributed by atoms with Crippen molar-refractivity contribution in [2.75, 3.05) is 32.8 Å². The summed E-state index contributed by atoms with van der Waals surface area (Å²) in [5.74, 6) is -0.440. The van der Waals surface area contributed by atoms with Crippen LogP contribution in [0, 0.1) is 5.82 Å². The zero-order valence-electron chi connectivity index (χ0n) is 14.4. The molecule has 2 rings (SSSR count). The van der Waals surface area contributed by atoms with Crippen LogP contribution in [0.4, 0.5) is 4.39 Å². The Morgan fingerprint density at radius 2 is 1.79 bits per heavy atom. The number of unbranched alkanes of at least 4 members (excludes halogenated alkanes) is 1. The van der Waals surface area contributed by atoms with Gasteiger partial charge in [0.1, 0.15) is 0 Å². The van der Waals surface area contributed by atoms with Crippen molar-refractivity contribution in [1.82, 2.24) is 9.80 Å². The first-order chi connectivity index (χ1) is 11.6. The lowest BCUT2D eigenvalue weighted by atomic mass is 10.1. The van der Waals surface area contributed by atoms with Crippen LogP contribution in [0.25, 0.3) is 0 Å². The summed E-state index contributed by atoms with van der Waals surface area (Å²) in [5.41, 5.74) is 0.307. The van der Waals surface area contributed by atoms with Crippen molar-refractivity contribution in [3.63, 3.8) is 0 Å². The third-order valence-corrected chi connectivity index (χ3v) is 4.14. The van der Waals surface area contributed by atoms with Gasteiger partial charge in [-0.1, -0.05) is 13.3 Å². The lowest BCUT2D eigenvalue weighted by Gasteiger charge is -2.35. The first kappa shape index (κ1) is 18.2. The lowest BCUT2D eigenvalue weighted by molar-refractivity contribution is -0.132. The number of rotatable bonds is 6. The van der Waals surface area contributed by atoms with E-state index >= 15 is 0 Å². The zero-order chi connectivity index (χ0) is 17.5. The van der Waals surface area contributed by atoms with Crippen LogP contribution in [0.2, 0.25) is 0 Å². The molecule has 1 aromatic carbocycles. The fourth-order valence-corrected chi connectivity index (χ4v) is 2.73. The summed E-state index contributed by atoms with van der Waals surface area (Å²) in [6.07, 6.45) is 2.45. The van der Waals surface area contributed by atoms with Crippen LogP contribution in [0.15, 0.2) is 18.2 Å². The Bertz CT molecular complexity index is 584. The summed E-state index contributed by atoms with van der Waals surface area (Å²) in [6, 6.07) is 4.28. The van der Waals surface area contributed by atoms with Crippen LogP contribution >= 0.6 is 0 Å². The molecule has 0 unspecified atom stereocenters. The molecule has 0 bridgehead atoms. The molecule has 0 N–H and O–H groups in total. The van der Waals surface area contributed by atoms with Gasteiger partial charge in [0.25, 0.3) is 5.91 Å². The highest BCUT2D eigenvalue weighted by Gasteiger charge is 2.25. The van der Waals surface area contributed by atoms with Crippen molar-refractivity contribution in [2.45, 2.75) is 33.1 Å². The number of benzene rings is 1. The smallest absolute Gasteiger partial charge is 0.254 e. The molecule has 0 atom stereocenters. The molecular formula is C18H25FN2O3. The molecule has 0 aromatic heterocycles. The number of hydrogen-bond acceptors (Lipinski definition) is 3. The summed E-state index contributed by atoms with van der Waals surface area (Å²) < 4.78 is 19.0. The number of piperazine rings is 1. The van der Waals surface area contributed by atoms with Crippen molar-refractivity contribution in [1.29, 1.82) is 0 Å². The Morgan fingerprint density at radius 1 is 1.12 bits per heavy atom. The van der Waals surface area contributed by atoms with E-state index in [9.17, 15) is 14.0 Å². The minimum absolute atomic E-state index is 0.149. The SMILES string of the molecule is CCCCC(=O)N1CCN(C(=O)c2ccc(OCC)c(F)c2)CC1. The van der Waals surface area contributed by atoms with E-state index in [1.54, 1.807) is 22.8 Å². The monoisotopic (exact) mass is 336 g/mol. The van der Waals surface area contributed by atoms with E-state index in [1.807, 2.05) is 0 Å². The molecule has 132 valence electrons. The number of carbonyl (C=O) groups is 2. The van der Waals surface area contributed by atoms with Gasteiger partial charge in [0, 0.05) is 38.2 Å². The summed E-state index contributed by atoms with van der Waals surface area (Å²) in [7, 11) is 0. The van der Waals surface area contributed by atoms with Crippen LogP contribution in [0.5, 0.6) is 5.75 Å². The molecule has 1 aliphatic rings. The Labute approximate surface area is 142 Å². The first-order valence-electron chi connectivity index (χ1n) is 8.56. The number of nitrogens with zero attached hydrogens (tertiary/aromatic N) is 2. The van der Waals surface area contributed by atoms with Gasteiger partial charge in [-0.25, -0.2) is 4.39 Å². The molecule has 0 saturated carbocycles. The molecular weight excluding hydrogens is 311 g/mol. The zero-order valence-corrected chi connectivity index (χ0v) is 14.4. The van der Waals surface area contributed by atoms with E-state index in [4.69, 9.17) is 4.74 Å². The molecule has 2 amide bonds. The number of halogens is 1. The molecule has 24 heavy (non-hydrogen) atoms. The van der Waals surface area contributed by atoms with Gasteiger partial charge in [-0.3, -0.25) is 9.59 Å². The van der Waals surface area contributed by atoms with Crippen molar-refractivity contribution < 1.29 is 18.7 Å². The van der Waals surface area contributed by atoms with Crippen molar-refractivity contribution in [2.24, 2.45) is 0 Å². The van der Waals surface area contributed by atoms with Crippen molar-refractivity contribution in [3.05, 3.63) is 29.6 Å². The largest absolute Gasteiger partial charge is 0.491 e. The summed E-state index contributed by atoms with van der Waals surface area (Å²) in [5, 5.41) is 0. The van der Waals surface area contributed by atoms with Gasteiger partial charge in [0.2, 0.25) is 5.91 Å². The summed E-state index contributed by atoms with van der Waals surface area (Å²) >= 11 is 0. The summed E-state index contributed by atoms with van der Waals surface area (Å²) in [6.45, 7) is 6.23. The van der Waals surface area contributed by atoms with Crippen molar-refractivity contribution >= 4 is 11.8 Å². The van der Waals surface area contributed by atoms with Crippen molar-refractivity contribution in [3.8, 4) is 5.75 Å². The average Bonchev–Trinajstić information content (AvgIpc) is 2.61. The predicted molar refractivity (Wildman–Crippen MR) is 89.6 cm³/mol. The molecule has 0 aliphatic carbocycles. The fourth-order valence-electron chi connectivity index (χ4n) is 2.73. The second kappa shape index (κ2) is 8.66. The minimum atomic E-state index is -0.531. The van der Waals surface area contributed by atoms with Crippen LogP contribution in [0.1, 0.15) is 43.5 Å². The van der Waals surface area contributed by atoms with E-state index in [0.717, 1.165) is 12.8 Å². The number of amides is 2. The molecule has 0 radical (unpaired) electrons. The number of carbonyl (C=O) groups excluding carboxylic acids is 2. The van der Waals surface area contributed by atoms with E-state index in [1.165, 1.54) is 12.1 Å². The molecule has 0 spiro atoms. The van der Waals surface area contributed by atoms with Gasteiger partial charge in [-0.15, -0.1) is 0 Å². The van der Waals surface area contributed by atoms with Crippen LogP contribution in [-0.4, -0.2) is 54.4 Å². The lowest BCUT2D eigenvalue weighted by Crippen LogP contribution is -2.50. The van der Waals surface area contributed by atoms with Gasteiger partial charge in [0.05, 0.1) is 6.61 Å². The number of hydrogen-bond donors (Lipinski definition) is 0. The maximum atomic E-state index is 13.9. The van der Waals surface area contributed by atoms with Gasteiger partial charge < -0.3 is 14.5 Å². The second-order valence-corrected chi connectivity index (χ2v) is 5.85. The highest BCUT2D eigenvalue weighted by Crippen LogP contribution is 2.20. The number of ether oxygens (including phenoxy) is 1. The third-order valence-electron chi connectivity index (χ3n) is 4.14. The highest BCUT2D eigenvalue weighted by molar-refractivity contribution is 5.94. The van der Waals surface area contributed by atoms with Crippen LogP contribution < -0.4 is 4.74 Å². The molecule has 5 nitrogen and oxygen atoms in total. The standard InChI is InChI=1S/C18H25FN2O3/c1-3-5-6-17(22)20-9-11-21(12-10-20)18(23)14-7-8-16(24-4-2)15(19)13-14/h7-8,13H,3-6,9-12H2,1-2H3. The summed E-state index contributed by atoms with van der Waals surface area (Å²) in [4.78, 5) is 28.0. The fraction of sp³-hybridized carbons (Fsp3) is 0.556. The second-order valence-electron chi connectivity index (χ2n) is 5.85. The molecule has 1 aromatic rings. The first-order valence-corrected chi connectivity index (χ1v) is 8.56. The molecule has 1 heterocycles. The normalized spacial score (nSPS) is 14.6. The van der Waals surface area contributed by atoms with Gasteiger partial charge in [0.15, 0.2) is 11.6 Å². The molecule has 1 aliphatic heterocycles. The topological polar surface area (TPSA) is 49.9 Å². The molecule has 1 fully saturated rings. The minimum Gasteiger partial charge on any atom is -0.491 e. The Hall–Kier alpha value is -2.11. The van der Waals surface area contributed by atoms with Gasteiger partial charge >= 0.3 is 0 Å². The highest BCUT2D eigenvalue weighted by atomic mass is 19.1. The third kappa shape index (κ3) is 4.46. The Morgan fingerprint density at radius 3 is 2.38 bits per heavy atom. The molecule has 1 saturated heterocycles. The van der Waals surface area contributed by atoms with E-state index in [2.05, 4.69) is 6.92 Å². The maximum absolute atomic E-state index is 13.9. The van der Waals surface area contributed by atoms with Crippen LogP contribution in [-0.2, 0) is 4.79 Å². The van der Waals surface area contributed by atoms with Crippen LogP contribution in [0.3, 0.4) is 0 Å². The molecule has 6 heteroatoms. The predicted octanol–water partition coefficient (Wildman–Crippen LogP) is 2.70. The van der Waals surface area contributed by atoms with E-state index in [-0.39, 0.29) is 17.6 Å². The van der Waals surface area contributed by atoms with E-state index < -0.39 is 5.82 Å². The maximum Gasteiger partial charge on any atom is 0.254 e. The van der Waals surface area contributed by atoms with Gasteiger partial charge in [-0.05, 0) is 31.5 Å². The van der Waals surface area contributed by atoms with Gasteiger partial charge in [-0.2, -0.15) is 0 Å². The quantitative estimate of drug-likeness (QED) is 0.802.